The third-order valence-electron chi connectivity index (χ3n) is 6.87. The van der Waals surface area contributed by atoms with Crippen LogP contribution in [0.5, 0.6) is 0 Å². The van der Waals surface area contributed by atoms with E-state index in [1.807, 2.05) is 58.9 Å². The number of carbonyl (C=O) groups excluding carboxylic acids is 3. The summed E-state index contributed by atoms with van der Waals surface area (Å²) in [4.78, 5) is 35.7. The van der Waals surface area contributed by atoms with Gasteiger partial charge in [0.25, 0.3) is 0 Å². The molecule has 3 rings (SSSR count). The summed E-state index contributed by atoms with van der Waals surface area (Å²) in [5.74, 6) is -1.19. The van der Waals surface area contributed by atoms with E-state index in [4.69, 9.17) is 14.2 Å². The fraction of sp³-hybridized carbons (Fsp3) is 0.414. The molecule has 186 valence electrons. The molecule has 1 aliphatic rings. The fourth-order valence-electron chi connectivity index (χ4n) is 4.84. The molecular weight excluding hydrogens is 444 g/mol. The van der Waals surface area contributed by atoms with Crippen molar-refractivity contribution in [2.45, 2.75) is 71.5 Å². The number of hydrogen-bond acceptors (Lipinski definition) is 6. The van der Waals surface area contributed by atoms with Gasteiger partial charge in [-0.15, -0.1) is 0 Å². The molecule has 1 aliphatic carbocycles. The third-order valence-corrected chi connectivity index (χ3v) is 6.87. The molecule has 0 saturated carbocycles. The highest BCUT2D eigenvalue weighted by Crippen LogP contribution is 2.49. The van der Waals surface area contributed by atoms with Crippen LogP contribution in [-0.2, 0) is 34.6 Å². The molecule has 0 N–H and O–H groups in total. The average Bonchev–Trinajstić information content (AvgIpc) is 2.78. The van der Waals surface area contributed by atoms with E-state index >= 15 is 0 Å². The number of aryl methyl sites for hydroxylation is 1. The van der Waals surface area contributed by atoms with Crippen molar-refractivity contribution in [3.8, 4) is 0 Å². The first-order chi connectivity index (χ1) is 16.3. The highest BCUT2D eigenvalue weighted by molar-refractivity contribution is 5.89. The minimum absolute atomic E-state index is 0.370. The predicted molar refractivity (Wildman–Crippen MR) is 135 cm³/mol. The molecule has 6 heteroatoms. The van der Waals surface area contributed by atoms with E-state index in [0.29, 0.717) is 5.56 Å². The zero-order valence-electron chi connectivity index (χ0n) is 21.7. The number of rotatable bonds is 5. The van der Waals surface area contributed by atoms with Crippen LogP contribution in [0.15, 0.2) is 36.4 Å². The predicted octanol–water partition coefficient (Wildman–Crippen LogP) is 5.38. The number of esters is 3. The molecular formula is C29H34O6. The Hall–Kier alpha value is -3.41. The Bertz CT molecular complexity index is 1170. The van der Waals surface area contributed by atoms with Crippen LogP contribution < -0.4 is 0 Å². The lowest BCUT2D eigenvalue weighted by Crippen LogP contribution is -2.59. The van der Waals surface area contributed by atoms with Crippen LogP contribution in [0.1, 0.15) is 79.7 Å². The Morgan fingerprint density at radius 1 is 0.800 bits per heavy atom. The number of hydrogen-bond donors (Lipinski definition) is 0. The summed E-state index contributed by atoms with van der Waals surface area (Å²) in [7, 11) is 1.36. The van der Waals surface area contributed by atoms with Gasteiger partial charge in [0.2, 0.25) is 0 Å². The monoisotopic (exact) mass is 478 g/mol. The third kappa shape index (κ3) is 5.16. The SMILES string of the molecule is COC(=O)c1ccc(/C=C/c2cc3c(cc2C)C(C)(C)[C@H](OC(C)=O)[C@H](OC(C)=O)C3(C)C)cc1. The first kappa shape index (κ1) is 26.2. The van der Waals surface area contributed by atoms with Gasteiger partial charge in [0.1, 0.15) is 12.2 Å². The van der Waals surface area contributed by atoms with Crippen LogP contribution in [0, 0.1) is 6.92 Å². The zero-order chi connectivity index (χ0) is 26.1. The van der Waals surface area contributed by atoms with Crippen LogP contribution in [-0.4, -0.2) is 37.2 Å². The summed E-state index contributed by atoms with van der Waals surface area (Å²) in [6.07, 6.45) is 2.75. The summed E-state index contributed by atoms with van der Waals surface area (Å²) in [5.41, 5.74) is 4.47. The van der Waals surface area contributed by atoms with Gasteiger partial charge >= 0.3 is 17.9 Å². The minimum Gasteiger partial charge on any atom is -0.465 e. The molecule has 0 fully saturated rings. The Morgan fingerprint density at radius 3 is 1.74 bits per heavy atom. The van der Waals surface area contributed by atoms with Crippen LogP contribution >= 0.6 is 0 Å². The summed E-state index contributed by atoms with van der Waals surface area (Å²) >= 11 is 0. The van der Waals surface area contributed by atoms with Crippen LogP contribution in [0.25, 0.3) is 12.2 Å². The molecule has 0 unspecified atom stereocenters. The van der Waals surface area contributed by atoms with Crippen molar-refractivity contribution in [1.29, 1.82) is 0 Å². The highest BCUT2D eigenvalue weighted by atomic mass is 16.6. The molecule has 0 radical (unpaired) electrons. The maximum absolute atomic E-state index is 12.0. The Balaban J connectivity index is 2.07. The van der Waals surface area contributed by atoms with Crippen molar-refractivity contribution < 1.29 is 28.6 Å². The minimum atomic E-state index is -0.642. The van der Waals surface area contributed by atoms with E-state index in [1.165, 1.54) is 21.0 Å². The smallest absolute Gasteiger partial charge is 0.337 e. The molecule has 0 saturated heterocycles. The summed E-state index contributed by atoms with van der Waals surface area (Å²) < 4.78 is 16.3. The number of carbonyl (C=O) groups is 3. The lowest BCUT2D eigenvalue weighted by atomic mass is 9.59. The van der Waals surface area contributed by atoms with Gasteiger partial charge in [-0.2, -0.15) is 0 Å². The fourth-order valence-corrected chi connectivity index (χ4v) is 4.84. The summed E-state index contributed by atoms with van der Waals surface area (Å²) in [6.45, 7) is 12.9. The van der Waals surface area contributed by atoms with Gasteiger partial charge in [0.15, 0.2) is 0 Å². The van der Waals surface area contributed by atoms with Gasteiger partial charge in [-0.05, 0) is 46.9 Å². The van der Waals surface area contributed by atoms with E-state index in [0.717, 1.165) is 27.8 Å². The van der Waals surface area contributed by atoms with Gasteiger partial charge in [-0.25, -0.2) is 4.79 Å². The van der Waals surface area contributed by atoms with Gasteiger partial charge < -0.3 is 14.2 Å². The van der Waals surface area contributed by atoms with Crippen LogP contribution in [0.3, 0.4) is 0 Å². The lowest BCUT2D eigenvalue weighted by Gasteiger charge is -2.51. The Morgan fingerprint density at radius 2 is 1.29 bits per heavy atom. The largest absolute Gasteiger partial charge is 0.465 e. The molecule has 2 atom stereocenters. The molecule has 35 heavy (non-hydrogen) atoms. The zero-order valence-corrected chi connectivity index (χ0v) is 21.7. The van der Waals surface area contributed by atoms with Crippen molar-refractivity contribution in [1.82, 2.24) is 0 Å². The second-order valence-electron chi connectivity index (χ2n) is 10.2. The number of ether oxygens (including phenoxy) is 3. The van der Waals surface area contributed by atoms with Crippen molar-refractivity contribution in [3.63, 3.8) is 0 Å². The summed E-state index contributed by atoms with van der Waals surface area (Å²) in [5, 5.41) is 0. The van der Waals surface area contributed by atoms with Crippen molar-refractivity contribution in [2.24, 2.45) is 0 Å². The molecule has 0 aromatic heterocycles. The Kier molecular flexibility index (Phi) is 7.25. The Labute approximate surface area is 207 Å². The number of benzene rings is 2. The van der Waals surface area contributed by atoms with E-state index in [9.17, 15) is 14.4 Å². The van der Waals surface area contributed by atoms with E-state index in [-0.39, 0.29) is 5.97 Å². The van der Waals surface area contributed by atoms with E-state index in [2.05, 4.69) is 12.1 Å². The highest BCUT2D eigenvalue weighted by Gasteiger charge is 2.55. The van der Waals surface area contributed by atoms with Gasteiger partial charge in [0, 0.05) is 24.7 Å². The topological polar surface area (TPSA) is 78.9 Å². The first-order valence-corrected chi connectivity index (χ1v) is 11.7. The lowest BCUT2D eigenvalue weighted by molar-refractivity contribution is -0.179. The second kappa shape index (κ2) is 9.68. The molecule has 0 heterocycles. The standard InChI is InChI=1S/C29H34O6/c1-17-15-23-24(16-22(17)14-11-20-9-12-21(13-10-20)27(32)33-8)29(6,7)26(35-19(3)31)25(28(23,4)5)34-18(2)30/h9-16,25-26H,1-8H3/b14-11+/t25-,26+/m1/s1. The second-order valence-corrected chi connectivity index (χ2v) is 10.2. The van der Waals surface area contributed by atoms with Gasteiger partial charge in [-0.3, -0.25) is 9.59 Å². The molecule has 2 aromatic carbocycles. The first-order valence-electron chi connectivity index (χ1n) is 11.7. The molecule has 0 bridgehead atoms. The van der Waals surface area contributed by atoms with Gasteiger partial charge in [-0.1, -0.05) is 64.1 Å². The molecule has 2 aromatic rings. The maximum Gasteiger partial charge on any atom is 0.337 e. The van der Waals surface area contributed by atoms with Crippen molar-refractivity contribution in [3.05, 3.63) is 69.8 Å². The quantitative estimate of drug-likeness (QED) is 0.326. The molecule has 6 nitrogen and oxygen atoms in total. The normalized spacial score (nSPS) is 20.1. The molecule has 0 amide bonds. The van der Waals surface area contributed by atoms with Crippen molar-refractivity contribution in [2.75, 3.05) is 7.11 Å². The molecule has 0 aliphatic heterocycles. The van der Waals surface area contributed by atoms with E-state index < -0.39 is 35.0 Å². The average molecular weight is 479 g/mol. The summed E-state index contributed by atoms with van der Waals surface area (Å²) in [6, 6.07) is 11.5. The van der Waals surface area contributed by atoms with Gasteiger partial charge in [0.05, 0.1) is 12.7 Å². The number of fused-ring (bicyclic) bond motifs is 1. The molecule has 0 spiro atoms. The van der Waals surface area contributed by atoms with Crippen molar-refractivity contribution >= 4 is 30.1 Å². The number of methoxy groups -OCH3 is 1. The van der Waals surface area contributed by atoms with Crippen LogP contribution in [0.2, 0.25) is 0 Å². The van der Waals surface area contributed by atoms with Crippen LogP contribution in [0.4, 0.5) is 0 Å². The van der Waals surface area contributed by atoms with E-state index in [1.54, 1.807) is 12.1 Å². The maximum atomic E-state index is 12.0.